The van der Waals surface area contributed by atoms with Crippen molar-refractivity contribution in [2.45, 2.75) is 46.6 Å². The average molecular weight is 324 g/mol. The second-order valence-electron chi connectivity index (χ2n) is 7.54. The molecule has 2 heterocycles. The molecule has 132 valence electrons. The molecule has 0 aromatic heterocycles. The highest BCUT2D eigenvalue weighted by molar-refractivity contribution is 5.82. The molecule has 1 N–H and O–H groups in total. The third kappa shape index (κ3) is 5.37. The highest BCUT2D eigenvalue weighted by Crippen LogP contribution is 2.16. The lowest BCUT2D eigenvalue weighted by Gasteiger charge is -2.37. The lowest BCUT2D eigenvalue weighted by molar-refractivity contribution is -0.142. The number of rotatable bonds is 3. The van der Waals surface area contributed by atoms with Crippen LogP contribution in [0.3, 0.4) is 0 Å². The lowest BCUT2D eigenvalue weighted by atomic mass is 9.97. The first-order chi connectivity index (χ1) is 10.9. The van der Waals surface area contributed by atoms with Crippen LogP contribution in [0.4, 0.5) is 0 Å². The molecule has 0 bridgehead atoms. The maximum atomic E-state index is 12.4. The predicted octanol–water partition coefficient (Wildman–Crippen LogP) is 1.32. The maximum absolute atomic E-state index is 12.4. The standard InChI is InChI=1S/C17H32N4O2/c1-5-18-16(19-13-17(2,3)4)21-10-8-20(9-11-21)15(22)14-7-6-12-23-14/h14H,5-13H2,1-4H3,(H,18,19). The van der Waals surface area contributed by atoms with Crippen LogP contribution in [0.15, 0.2) is 4.99 Å². The summed E-state index contributed by atoms with van der Waals surface area (Å²) < 4.78 is 5.52. The zero-order chi connectivity index (χ0) is 16.9. The van der Waals surface area contributed by atoms with Crippen LogP contribution in [-0.2, 0) is 9.53 Å². The predicted molar refractivity (Wildman–Crippen MR) is 92.6 cm³/mol. The molecule has 2 aliphatic heterocycles. The Balaban J connectivity index is 1.88. The van der Waals surface area contributed by atoms with E-state index in [-0.39, 0.29) is 17.4 Å². The molecular formula is C17H32N4O2. The number of nitrogens with zero attached hydrogens (tertiary/aromatic N) is 3. The highest BCUT2D eigenvalue weighted by atomic mass is 16.5. The zero-order valence-electron chi connectivity index (χ0n) is 15.1. The fourth-order valence-corrected chi connectivity index (χ4v) is 2.85. The van der Waals surface area contributed by atoms with Gasteiger partial charge in [-0.25, -0.2) is 0 Å². The molecular weight excluding hydrogens is 292 g/mol. The molecule has 0 aromatic carbocycles. The number of aliphatic imine (C=N–C) groups is 1. The van der Waals surface area contributed by atoms with E-state index in [4.69, 9.17) is 9.73 Å². The van der Waals surface area contributed by atoms with E-state index in [9.17, 15) is 4.79 Å². The van der Waals surface area contributed by atoms with Crippen molar-refractivity contribution in [1.82, 2.24) is 15.1 Å². The molecule has 1 amide bonds. The Morgan fingerprint density at radius 1 is 1.22 bits per heavy atom. The first kappa shape index (κ1) is 18.0. The van der Waals surface area contributed by atoms with Crippen LogP contribution < -0.4 is 5.32 Å². The minimum Gasteiger partial charge on any atom is -0.368 e. The van der Waals surface area contributed by atoms with E-state index < -0.39 is 0 Å². The van der Waals surface area contributed by atoms with E-state index in [1.165, 1.54) is 0 Å². The number of ether oxygens (including phenoxy) is 1. The van der Waals surface area contributed by atoms with Gasteiger partial charge in [-0.3, -0.25) is 9.79 Å². The number of guanidine groups is 1. The number of nitrogens with one attached hydrogen (secondary N) is 1. The Morgan fingerprint density at radius 3 is 2.39 bits per heavy atom. The Bertz CT molecular complexity index is 417. The molecule has 2 saturated heterocycles. The van der Waals surface area contributed by atoms with Gasteiger partial charge in [0.25, 0.3) is 5.91 Å². The Hall–Kier alpha value is -1.30. The van der Waals surface area contributed by atoms with Crippen molar-refractivity contribution >= 4 is 11.9 Å². The van der Waals surface area contributed by atoms with Crippen LogP contribution in [-0.4, -0.2) is 73.6 Å². The molecule has 0 aliphatic carbocycles. The van der Waals surface area contributed by atoms with Gasteiger partial charge in [-0.05, 0) is 25.2 Å². The fraction of sp³-hybridized carbons (Fsp3) is 0.882. The summed E-state index contributed by atoms with van der Waals surface area (Å²) in [6.45, 7) is 14.2. The van der Waals surface area contributed by atoms with Gasteiger partial charge in [-0.15, -0.1) is 0 Å². The molecule has 2 rings (SSSR count). The minimum absolute atomic E-state index is 0.166. The summed E-state index contributed by atoms with van der Waals surface area (Å²) in [5.74, 6) is 1.13. The van der Waals surface area contributed by atoms with Crippen LogP contribution in [0.2, 0.25) is 0 Å². The average Bonchev–Trinajstić information content (AvgIpc) is 3.04. The van der Waals surface area contributed by atoms with Gasteiger partial charge in [-0.2, -0.15) is 0 Å². The molecule has 1 unspecified atom stereocenters. The quantitative estimate of drug-likeness (QED) is 0.628. The fourth-order valence-electron chi connectivity index (χ4n) is 2.85. The van der Waals surface area contributed by atoms with Crippen molar-refractivity contribution in [2.24, 2.45) is 10.4 Å². The molecule has 6 nitrogen and oxygen atoms in total. The van der Waals surface area contributed by atoms with Crippen molar-refractivity contribution in [3.63, 3.8) is 0 Å². The summed E-state index contributed by atoms with van der Waals surface area (Å²) in [5, 5.41) is 3.37. The van der Waals surface area contributed by atoms with Crippen molar-refractivity contribution in [3.8, 4) is 0 Å². The number of carbonyl (C=O) groups excluding carboxylic acids is 1. The first-order valence-corrected chi connectivity index (χ1v) is 8.84. The maximum Gasteiger partial charge on any atom is 0.251 e. The van der Waals surface area contributed by atoms with Gasteiger partial charge < -0.3 is 19.9 Å². The van der Waals surface area contributed by atoms with Crippen molar-refractivity contribution in [2.75, 3.05) is 45.9 Å². The second kappa shape index (κ2) is 7.99. The Morgan fingerprint density at radius 2 is 1.87 bits per heavy atom. The van der Waals surface area contributed by atoms with Gasteiger partial charge >= 0.3 is 0 Å². The van der Waals surface area contributed by atoms with Crippen molar-refractivity contribution in [1.29, 1.82) is 0 Å². The topological polar surface area (TPSA) is 57.2 Å². The molecule has 6 heteroatoms. The molecule has 23 heavy (non-hydrogen) atoms. The normalized spacial score (nSPS) is 23.3. The summed E-state index contributed by atoms with van der Waals surface area (Å²) in [6.07, 6.45) is 1.67. The second-order valence-corrected chi connectivity index (χ2v) is 7.54. The van der Waals surface area contributed by atoms with Gasteiger partial charge in [0.1, 0.15) is 6.10 Å². The van der Waals surface area contributed by atoms with Gasteiger partial charge in [0.05, 0.1) is 0 Å². The van der Waals surface area contributed by atoms with E-state index in [1.54, 1.807) is 0 Å². The first-order valence-electron chi connectivity index (χ1n) is 8.84. The van der Waals surface area contributed by atoms with Gasteiger partial charge in [-0.1, -0.05) is 20.8 Å². The number of piperazine rings is 1. The zero-order valence-corrected chi connectivity index (χ0v) is 15.1. The molecule has 0 aromatic rings. The number of amides is 1. The van der Waals surface area contributed by atoms with Crippen molar-refractivity contribution in [3.05, 3.63) is 0 Å². The van der Waals surface area contributed by atoms with Crippen LogP contribution in [0.25, 0.3) is 0 Å². The lowest BCUT2D eigenvalue weighted by Crippen LogP contribution is -2.55. The smallest absolute Gasteiger partial charge is 0.251 e. The summed E-state index contributed by atoms with van der Waals surface area (Å²) in [7, 11) is 0. The van der Waals surface area contributed by atoms with Crippen LogP contribution >= 0.6 is 0 Å². The molecule has 0 radical (unpaired) electrons. The summed E-state index contributed by atoms with van der Waals surface area (Å²) >= 11 is 0. The Labute approximate surface area is 140 Å². The SMILES string of the molecule is CCNC(=NCC(C)(C)C)N1CCN(C(=O)C2CCCO2)CC1. The summed E-state index contributed by atoms with van der Waals surface area (Å²) in [6, 6.07) is 0. The molecule has 2 fully saturated rings. The summed E-state index contributed by atoms with van der Waals surface area (Å²) in [4.78, 5) is 21.4. The van der Waals surface area contributed by atoms with Gasteiger partial charge in [0.15, 0.2) is 5.96 Å². The van der Waals surface area contributed by atoms with E-state index >= 15 is 0 Å². The van der Waals surface area contributed by atoms with E-state index in [0.29, 0.717) is 0 Å². The summed E-state index contributed by atoms with van der Waals surface area (Å²) in [5.41, 5.74) is 0.179. The third-order valence-corrected chi connectivity index (χ3v) is 4.13. The molecule has 1 atom stereocenters. The van der Waals surface area contributed by atoms with Crippen LogP contribution in [0.1, 0.15) is 40.5 Å². The third-order valence-electron chi connectivity index (χ3n) is 4.13. The molecule has 2 aliphatic rings. The van der Waals surface area contributed by atoms with Crippen LogP contribution in [0.5, 0.6) is 0 Å². The van der Waals surface area contributed by atoms with Crippen LogP contribution in [0, 0.1) is 5.41 Å². The highest BCUT2D eigenvalue weighted by Gasteiger charge is 2.30. The van der Waals surface area contributed by atoms with E-state index in [0.717, 1.165) is 64.7 Å². The molecule has 0 spiro atoms. The number of hydrogen-bond acceptors (Lipinski definition) is 3. The van der Waals surface area contributed by atoms with Gasteiger partial charge in [0.2, 0.25) is 0 Å². The Kier molecular flexibility index (Phi) is 6.27. The number of carbonyl (C=O) groups is 1. The van der Waals surface area contributed by atoms with Gasteiger partial charge in [0, 0.05) is 45.9 Å². The van der Waals surface area contributed by atoms with E-state index in [1.807, 2.05) is 4.90 Å². The number of hydrogen-bond donors (Lipinski definition) is 1. The largest absolute Gasteiger partial charge is 0.368 e. The minimum atomic E-state index is -0.204. The monoisotopic (exact) mass is 324 g/mol. The van der Waals surface area contributed by atoms with Crippen molar-refractivity contribution < 1.29 is 9.53 Å². The molecule has 0 saturated carbocycles. The van der Waals surface area contributed by atoms with E-state index in [2.05, 4.69) is 37.9 Å².